The Labute approximate surface area is 56.7 Å². The second kappa shape index (κ2) is 2.19. The van der Waals surface area contributed by atoms with Crippen LogP contribution in [0.4, 0.5) is 0 Å². The van der Waals surface area contributed by atoms with Gasteiger partial charge in [-0.15, -0.1) is 0 Å². The molecule has 9 heavy (non-hydrogen) atoms. The molecule has 0 aliphatic heterocycles. The summed E-state index contributed by atoms with van der Waals surface area (Å²) < 4.78 is 0. The Bertz CT molecular complexity index is 268. The molecule has 0 saturated carbocycles. The summed E-state index contributed by atoms with van der Waals surface area (Å²) in [7, 11) is 0. The molecule has 0 amide bonds. The number of halogens is 1. The predicted molar refractivity (Wildman–Crippen MR) is 34.6 cm³/mol. The lowest BCUT2D eigenvalue weighted by molar-refractivity contribution is 1.03. The molecule has 0 aromatic carbocycles. The van der Waals surface area contributed by atoms with E-state index < -0.39 is 0 Å². The van der Waals surface area contributed by atoms with E-state index in [-0.39, 0.29) is 5.69 Å². The first-order valence-corrected chi connectivity index (χ1v) is 2.79. The van der Waals surface area contributed by atoms with Crippen LogP contribution < -0.4 is 5.69 Å². The highest BCUT2D eigenvalue weighted by Gasteiger charge is 1.92. The van der Waals surface area contributed by atoms with Crippen molar-refractivity contribution in [1.29, 1.82) is 0 Å². The monoisotopic (exact) mass is 144 g/mol. The zero-order valence-corrected chi connectivity index (χ0v) is 5.57. The van der Waals surface area contributed by atoms with Crippen molar-refractivity contribution < 1.29 is 0 Å². The molecular formula is C5H5ClN2O. The third kappa shape index (κ3) is 1.29. The summed E-state index contributed by atoms with van der Waals surface area (Å²) in [6, 6.07) is 0. The summed E-state index contributed by atoms with van der Waals surface area (Å²) in [6.07, 6.45) is 1.33. The second-order valence-electron chi connectivity index (χ2n) is 1.66. The summed E-state index contributed by atoms with van der Waals surface area (Å²) in [5, 5.41) is 0.481. The van der Waals surface area contributed by atoms with E-state index in [1.807, 2.05) is 0 Å². The minimum Gasteiger partial charge on any atom is -0.309 e. The predicted octanol–water partition coefficient (Wildman–Crippen LogP) is 0.732. The van der Waals surface area contributed by atoms with Gasteiger partial charge in [-0.25, -0.2) is 9.78 Å². The average molecular weight is 145 g/mol. The number of aryl methyl sites for hydroxylation is 1. The molecular weight excluding hydrogens is 140 g/mol. The van der Waals surface area contributed by atoms with Crippen LogP contribution in [0.3, 0.4) is 0 Å². The number of hydrogen-bond donors (Lipinski definition) is 1. The van der Waals surface area contributed by atoms with Gasteiger partial charge in [0.1, 0.15) is 0 Å². The number of nitrogens with one attached hydrogen (secondary N) is 1. The van der Waals surface area contributed by atoms with Crippen LogP contribution in [-0.4, -0.2) is 9.97 Å². The van der Waals surface area contributed by atoms with Crippen LogP contribution in [0.15, 0.2) is 11.0 Å². The van der Waals surface area contributed by atoms with E-state index in [4.69, 9.17) is 11.6 Å². The van der Waals surface area contributed by atoms with Crippen molar-refractivity contribution in [2.24, 2.45) is 0 Å². The third-order valence-corrected chi connectivity index (χ3v) is 1.33. The van der Waals surface area contributed by atoms with Crippen molar-refractivity contribution in [1.82, 2.24) is 9.97 Å². The van der Waals surface area contributed by atoms with Crippen LogP contribution in [0, 0.1) is 6.92 Å². The fourth-order valence-electron chi connectivity index (χ4n) is 0.465. The molecule has 3 nitrogen and oxygen atoms in total. The first-order chi connectivity index (χ1) is 4.20. The van der Waals surface area contributed by atoms with Gasteiger partial charge in [0.2, 0.25) is 0 Å². The smallest absolute Gasteiger partial charge is 0.309 e. The van der Waals surface area contributed by atoms with Crippen molar-refractivity contribution in [3.63, 3.8) is 0 Å². The Morgan fingerprint density at radius 3 is 2.89 bits per heavy atom. The standard InChI is InChI=1S/C5H5ClN2O/c1-3-4(6)2-7-5(9)8-3/h2H,1H3,(H,7,8,9). The Morgan fingerprint density at radius 1 is 1.78 bits per heavy atom. The van der Waals surface area contributed by atoms with E-state index >= 15 is 0 Å². The quantitative estimate of drug-likeness (QED) is 0.584. The fourth-order valence-corrected chi connectivity index (χ4v) is 0.561. The maximum atomic E-state index is 10.4. The highest BCUT2D eigenvalue weighted by atomic mass is 35.5. The first-order valence-electron chi connectivity index (χ1n) is 2.41. The lowest BCUT2D eigenvalue weighted by Gasteiger charge is -1.91. The minimum atomic E-state index is -0.364. The van der Waals surface area contributed by atoms with Crippen molar-refractivity contribution >= 4 is 11.6 Å². The summed E-state index contributed by atoms with van der Waals surface area (Å²) >= 11 is 5.55. The molecule has 0 atom stereocenters. The van der Waals surface area contributed by atoms with Gasteiger partial charge >= 0.3 is 5.69 Å². The number of nitrogens with zero attached hydrogens (tertiary/aromatic N) is 1. The van der Waals surface area contributed by atoms with E-state index in [9.17, 15) is 4.79 Å². The largest absolute Gasteiger partial charge is 0.345 e. The number of hydrogen-bond acceptors (Lipinski definition) is 2. The van der Waals surface area contributed by atoms with Gasteiger partial charge < -0.3 is 4.98 Å². The average Bonchev–Trinajstić information content (AvgIpc) is 1.80. The molecule has 0 spiro atoms. The molecule has 0 aliphatic carbocycles. The number of aromatic nitrogens is 2. The normalized spacial score (nSPS) is 9.56. The number of rotatable bonds is 0. The van der Waals surface area contributed by atoms with E-state index in [2.05, 4.69) is 9.97 Å². The molecule has 0 unspecified atom stereocenters. The zero-order valence-electron chi connectivity index (χ0n) is 4.81. The van der Waals surface area contributed by atoms with E-state index in [1.54, 1.807) is 6.92 Å². The van der Waals surface area contributed by atoms with E-state index in [0.717, 1.165) is 0 Å². The van der Waals surface area contributed by atoms with Gasteiger partial charge in [0, 0.05) is 5.69 Å². The molecule has 0 aliphatic rings. The van der Waals surface area contributed by atoms with Crippen LogP contribution >= 0.6 is 11.6 Å². The number of aromatic amines is 1. The molecule has 1 heterocycles. The SMILES string of the molecule is Cc1[nH]c(=O)ncc1Cl. The third-order valence-electron chi connectivity index (χ3n) is 0.948. The molecule has 4 heteroatoms. The molecule has 1 rings (SSSR count). The second-order valence-corrected chi connectivity index (χ2v) is 2.07. The fraction of sp³-hybridized carbons (Fsp3) is 0.200. The van der Waals surface area contributed by atoms with Gasteiger partial charge in [-0.2, -0.15) is 0 Å². The van der Waals surface area contributed by atoms with Crippen molar-refractivity contribution in [2.45, 2.75) is 6.92 Å². The molecule has 0 fully saturated rings. The Morgan fingerprint density at radius 2 is 2.44 bits per heavy atom. The van der Waals surface area contributed by atoms with E-state index in [0.29, 0.717) is 10.7 Å². The molecule has 0 radical (unpaired) electrons. The van der Waals surface area contributed by atoms with Crippen LogP contribution in [0.25, 0.3) is 0 Å². The van der Waals surface area contributed by atoms with Gasteiger partial charge in [0.15, 0.2) is 0 Å². The summed E-state index contributed by atoms with van der Waals surface area (Å²) in [6.45, 7) is 1.71. The Hall–Kier alpha value is -0.830. The lowest BCUT2D eigenvalue weighted by Crippen LogP contribution is -2.09. The summed E-state index contributed by atoms with van der Waals surface area (Å²) in [5.74, 6) is 0. The molecule has 1 aromatic rings. The van der Waals surface area contributed by atoms with Crippen LogP contribution in [0.5, 0.6) is 0 Å². The summed E-state index contributed by atoms with van der Waals surface area (Å²) in [5.41, 5.74) is 0.286. The van der Waals surface area contributed by atoms with E-state index in [1.165, 1.54) is 6.20 Å². The van der Waals surface area contributed by atoms with Crippen LogP contribution in [0.2, 0.25) is 5.02 Å². The molecule has 1 N–H and O–H groups in total. The van der Waals surface area contributed by atoms with Gasteiger partial charge in [-0.05, 0) is 6.92 Å². The van der Waals surface area contributed by atoms with Crippen molar-refractivity contribution in [3.05, 3.63) is 27.4 Å². The lowest BCUT2D eigenvalue weighted by atomic mass is 10.5. The van der Waals surface area contributed by atoms with Crippen LogP contribution in [0.1, 0.15) is 5.69 Å². The molecule has 48 valence electrons. The Kier molecular flexibility index (Phi) is 1.53. The van der Waals surface area contributed by atoms with Gasteiger partial charge in [0.05, 0.1) is 11.2 Å². The van der Waals surface area contributed by atoms with Crippen molar-refractivity contribution in [3.8, 4) is 0 Å². The maximum absolute atomic E-state index is 10.4. The van der Waals surface area contributed by atoms with Gasteiger partial charge in [-0.3, -0.25) is 0 Å². The highest BCUT2D eigenvalue weighted by Crippen LogP contribution is 2.05. The zero-order chi connectivity index (χ0) is 6.85. The van der Waals surface area contributed by atoms with Crippen LogP contribution in [-0.2, 0) is 0 Å². The number of H-pyrrole nitrogens is 1. The minimum absolute atomic E-state index is 0.364. The van der Waals surface area contributed by atoms with Gasteiger partial charge in [0.25, 0.3) is 0 Å². The maximum Gasteiger partial charge on any atom is 0.345 e. The molecule has 0 bridgehead atoms. The topological polar surface area (TPSA) is 45.8 Å². The highest BCUT2D eigenvalue weighted by molar-refractivity contribution is 6.31. The van der Waals surface area contributed by atoms with Gasteiger partial charge in [-0.1, -0.05) is 11.6 Å². The first kappa shape index (κ1) is 6.29. The molecule has 1 aromatic heterocycles. The summed E-state index contributed by atoms with van der Waals surface area (Å²) in [4.78, 5) is 16.3. The Balaban J connectivity index is 3.34. The van der Waals surface area contributed by atoms with Crippen molar-refractivity contribution in [2.75, 3.05) is 0 Å². The molecule has 0 saturated heterocycles.